The molecule has 0 bridgehead atoms. The van der Waals surface area contributed by atoms with E-state index in [0.717, 1.165) is 31.6 Å². The van der Waals surface area contributed by atoms with Gasteiger partial charge in [-0.25, -0.2) is 0 Å². The van der Waals surface area contributed by atoms with Gasteiger partial charge in [-0.15, -0.1) is 0 Å². The fraction of sp³-hybridized carbons (Fsp3) is 0.500. The number of carbonyl (C=O) groups is 1. The van der Waals surface area contributed by atoms with Crippen molar-refractivity contribution in [2.45, 2.75) is 25.8 Å². The summed E-state index contributed by atoms with van der Waals surface area (Å²) in [5, 5.41) is 6.18. The Morgan fingerprint density at radius 2 is 2.39 bits per heavy atom. The summed E-state index contributed by atoms with van der Waals surface area (Å²) in [6.45, 7) is 5.01. The number of nitrogens with zero attached hydrogens (tertiary/aromatic N) is 1. The molecule has 4 heteroatoms. The Hall–Kier alpha value is -1.55. The number of aromatic nitrogens is 1. The van der Waals surface area contributed by atoms with Crippen LogP contribution in [0.4, 0.5) is 0 Å². The molecule has 4 nitrogen and oxygen atoms in total. The number of rotatable bonds is 1. The van der Waals surface area contributed by atoms with Gasteiger partial charge >= 0.3 is 0 Å². The number of amides is 1. The first-order valence-corrected chi connectivity index (χ1v) is 6.57. The van der Waals surface area contributed by atoms with E-state index in [4.69, 9.17) is 0 Å². The van der Waals surface area contributed by atoms with Crippen molar-refractivity contribution >= 4 is 11.5 Å². The first-order valence-electron chi connectivity index (χ1n) is 6.57. The van der Waals surface area contributed by atoms with Gasteiger partial charge in [0.05, 0.1) is 5.56 Å². The minimum Gasteiger partial charge on any atom is -0.355 e. The monoisotopic (exact) mass is 245 g/mol. The Morgan fingerprint density at radius 1 is 1.56 bits per heavy atom. The molecule has 1 atom stereocenters. The Kier molecular flexibility index (Phi) is 2.74. The first kappa shape index (κ1) is 11.5. The topological polar surface area (TPSA) is 46.1 Å². The highest BCUT2D eigenvalue weighted by atomic mass is 16.1. The van der Waals surface area contributed by atoms with Crippen molar-refractivity contribution in [1.82, 2.24) is 15.2 Å². The van der Waals surface area contributed by atoms with Crippen LogP contribution in [0.25, 0.3) is 5.57 Å². The number of allylic oxidation sites excluding steroid dienone is 1. The van der Waals surface area contributed by atoms with Crippen LogP contribution in [0.5, 0.6) is 0 Å². The average Bonchev–Trinajstić information content (AvgIpc) is 2.65. The van der Waals surface area contributed by atoms with E-state index in [1.807, 2.05) is 6.20 Å². The highest BCUT2D eigenvalue weighted by Gasteiger charge is 2.29. The number of carbonyl (C=O) groups excluding carboxylic acids is 1. The zero-order valence-corrected chi connectivity index (χ0v) is 10.9. The first-order chi connectivity index (χ1) is 8.72. The summed E-state index contributed by atoms with van der Waals surface area (Å²) in [5.74, 6) is 0.460. The summed E-state index contributed by atoms with van der Waals surface area (Å²) in [6, 6.07) is 0. The van der Waals surface area contributed by atoms with Crippen molar-refractivity contribution in [2.75, 3.05) is 20.1 Å². The third-order valence-electron chi connectivity index (χ3n) is 3.95. The molecule has 2 heterocycles. The standard InChI is InChI=1S/C14H19N3O/c1-9-3-4-10-7-16-5-6-17-8-11(14(18)15-2)12(9)13(10)17/h4,8-9,16H,3,5-7H2,1-2H3,(H,15,18). The predicted molar refractivity (Wildman–Crippen MR) is 71.7 cm³/mol. The Bertz CT molecular complexity index is 527. The van der Waals surface area contributed by atoms with Crippen LogP contribution >= 0.6 is 0 Å². The molecule has 1 unspecified atom stereocenters. The van der Waals surface area contributed by atoms with Gasteiger partial charge in [-0.2, -0.15) is 0 Å². The molecule has 0 radical (unpaired) electrons. The average molecular weight is 245 g/mol. The number of hydrogen-bond donors (Lipinski definition) is 2. The molecule has 0 spiro atoms. The normalized spacial score (nSPS) is 21.9. The quantitative estimate of drug-likeness (QED) is 0.784. The summed E-state index contributed by atoms with van der Waals surface area (Å²) in [6.07, 6.45) is 5.36. The van der Waals surface area contributed by atoms with E-state index in [-0.39, 0.29) is 5.91 Å². The molecule has 0 aromatic carbocycles. The molecule has 96 valence electrons. The second-order valence-corrected chi connectivity index (χ2v) is 5.12. The van der Waals surface area contributed by atoms with Gasteiger partial charge in [0.15, 0.2) is 0 Å². The van der Waals surface area contributed by atoms with Crippen molar-refractivity contribution in [2.24, 2.45) is 0 Å². The minimum atomic E-state index is 0.0339. The molecule has 1 aromatic rings. The zero-order valence-electron chi connectivity index (χ0n) is 10.9. The summed E-state index contributed by atoms with van der Waals surface area (Å²) in [7, 11) is 1.70. The van der Waals surface area contributed by atoms with E-state index in [2.05, 4.69) is 28.2 Å². The van der Waals surface area contributed by atoms with Gasteiger partial charge < -0.3 is 15.2 Å². The molecule has 1 aromatic heterocycles. The Labute approximate surface area is 107 Å². The highest BCUT2D eigenvalue weighted by Crippen LogP contribution is 2.38. The van der Waals surface area contributed by atoms with Gasteiger partial charge in [-0.3, -0.25) is 4.79 Å². The van der Waals surface area contributed by atoms with Crippen LogP contribution in [0.3, 0.4) is 0 Å². The lowest BCUT2D eigenvalue weighted by Gasteiger charge is -2.21. The van der Waals surface area contributed by atoms with Crippen LogP contribution in [-0.4, -0.2) is 30.6 Å². The lowest BCUT2D eigenvalue weighted by molar-refractivity contribution is 0.0962. The molecule has 0 saturated heterocycles. The molecule has 1 aliphatic carbocycles. The van der Waals surface area contributed by atoms with Gasteiger partial charge in [0.25, 0.3) is 5.91 Å². The van der Waals surface area contributed by atoms with Crippen molar-refractivity contribution in [3.63, 3.8) is 0 Å². The fourth-order valence-electron chi connectivity index (χ4n) is 3.03. The maximum atomic E-state index is 12.0. The van der Waals surface area contributed by atoms with Crippen LogP contribution < -0.4 is 10.6 Å². The summed E-state index contributed by atoms with van der Waals surface area (Å²) >= 11 is 0. The lowest BCUT2D eigenvalue weighted by atomic mass is 9.86. The van der Waals surface area contributed by atoms with Crippen molar-refractivity contribution in [3.05, 3.63) is 29.1 Å². The molecule has 1 amide bonds. The molecule has 2 aliphatic rings. The molecule has 0 fully saturated rings. The van der Waals surface area contributed by atoms with E-state index >= 15 is 0 Å². The van der Waals surface area contributed by atoms with E-state index in [1.54, 1.807) is 7.05 Å². The van der Waals surface area contributed by atoms with Gasteiger partial charge in [0.2, 0.25) is 0 Å². The van der Waals surface area contributed by atoms with Gasteiger partial charge in [0, 0.05) is 38.6 Å². The zero-order chi connectivity index (χ0) is 12.7. The van der Waals surface area contributed by atoms with Crippen molar-refractivity contribution < 1.29 is 4.79 Å². The third kappa shape index (κ3) is 1.60. The molecular formula is C14H19N3O. The minimum absolute atomic E-state index is 0.0339. The second-order valence-electron chi connectivity index (χ2n) is 5.12. The van der Waals surface area contributed by atoms with Gasteiger partial charge in [-0.05, 0) is 23.5 Å². The molecule has 2 N–H and O–H groups in total. The molecule has 18 heavy (non-hydrogen) atoms. The van der Waals surface area contributed by atoms with E-state index < -0.39 is 0 Å². The van der Waals surface area contributed by atoms with Crippen LogP contribution in [0.1, 0.15) is 40.9 Å². The molecule has 3 rings (SSSR count). The van der Waals surface area contributed by atoms with Crippen LogP contribution in [0, 0.1) is 0 Å². The molecule has 1 aliphatic heterocycles. The Balaban J connectivity index is 2.20. The maximum Gasteiger partial charge on any atom is 0.252 e. The predicted octanol–water partition coefficient (Wildman–Crippen LogP) is 1.34. The maximum absolute atomic E-state index is 12.0. The van der Waals surface area contributed by atoms with Crippen LogP contribution in [0.2, 0.25) is 0 Å². The van der Waals surface area contributed by atoms with Crippen molar-refractivity contribution in [3.8, 4) is 0 Å². The third-order valence-corrected chi connectivity index (χ3v) is 3.95. The van der Waals surface area contributed by atoms with Gasteiger partial charge in [0.1, 0.15) is 0 Å². The largest absolute Gasteiger partial charge is 0.355 e. The SMILES string of the molecule is CNC(=O)c1cn2c3c1C(C)CC=C3CNCC2. The van der Waals surface area contributed by atoms with Crippen LogP contribution in [0.15, 0.2) is 12.3 Å². The fourth-order valence-corrected chi connectivity index (χ4v) is 3.03. The smallest absolute Gasteiger partial charge is 0.252 e. The number of nitrogens with one attached hydrogen (secondary N) is 2. The van der Waals surface area contributed by atoms with Crippen molar-refractivity contribution in [1.29, 1.82) is 0 Å². The van der Waals surface area contributed by atoms with E-state index in [0.29, 0.717) is 5.92 Å². The van der Waals surface area contributed by atoms with Gasteiger partial charge in [-0.1, -0.05) is 13.0 Å². The highest BCUT2D eigenvalue weighted by molar-refractivity contribution is 5.97. The second kappa shape index (κ2) is 4.28. The summed E-state index contributed by atoms with van der Waals surface area (Å²) < 4.78 is 2.24. The summed E-state index contributed by atoms with van der Waals surface area (Å²) in [4.78, 5) is 12.0. The number of hydrogen-bond acceptors (Lipinski definition) is 2. The van der Waals surface area contributed by atoms with Crippen LogP contribution in [-0.2, 0) is 6.54 Å². The lowest BCUT2D eigenvalue weighted by Crippen LogP contribution is -2.21. The molecular weight excluding hydrogens is 226 g/mol. The van der Waals surface area contributed by atoms with E-state index in [1.165, 1.54) is 16.8 Å². The Morgan fingerprint density at radius 3 is 3.17 bits per heavy atom. The molecule has 0 saturated carbocycles. The van der Waals surface area contributed by atoms with E-state index in [9.17, 15) is 4.79 Å². The summed E-state index contributed by atoms with van der Waals surface area (Å²) in [5.41, 5.74) is 4.70.